The maximum absolute atomic E-state index is 12.1. The van der Waals surface area contributed by atoms with Crippen molar-refractivity contribution in [3.05, 3.63) is 23.2 Å². The minimum atomic E-state index is -4.47. The molecule has 8 heteroatoms. The van der Waals surface area contributed by atoms with Crippen molar-refractivity contribution in [3.63, 3.8) is 0 Å². The van der Waals surface area contributed by atoms with Crippen LogP contribution in [0.5, 0.6) is 5.75 Å². The number of hydrogen-bond acceptors (Lipinski definition) is 3. The average Bonchev–Trinajstić information content (AvgIpc) is 2.35. The summed E-state index contributed by atoms with van der Waals surface area (Å²) in [5.74, 6) is -0.536. The number of amides is 1. The second kappa shape index (κ2) is 7.35. The standard InChI is InChI=1S/C12H13ClF3NO3/c1-19-5-4-11(18)17-9-3-2-8(13)6-10(9)20-7-12(14,15)16/h2-3,6H,4-5,7H2,1H3,(H,17,18). The van der Waals surface area contributed by atoms with Crippen LogP contribution in [-0.2, 0) is 9.53 Å². The van der Waals surface area contributed by atoms with E-state index in [0.717, 1.165) is 0 Å². The van der Waals surface area contributed by atoms with E-state index in [1.54, 1.807) is 0 Å². The minimum absolute atomic E-state index is 0.0812. The lowest BCUT2D eigenvalue weighted by Gasteiger charge is -2.14. The van der Waals surface area contributed by atoms with Crippen LogP contribution in [0.15, 0.2) is 18.2 Å². The van der Waals surface area contributed by atoms with Crippen LogP contribution in [-0.4, -0.2) is 32.4 Å². The highest BCUT2D eigenvalue weighted by molar-refractivity contribution is 6.30. The van der Waals surface area contributed by atoms with Gasteiger partial charge < -0.3 is 14.8 Å². The molecule has 1 N–H and O–H groups in total. The van der Waals surface area contributed by atoms with Gasteiger partial charge in [0.1, 0.15) is 5.75 Å². The van der Waals surface area contributed by atoms with Crippen molar-refractivity contribution in [2.24, 2.45) is 0 Å². The predicted octanol–water partition coefficient (Wildman–Crippen LogP) is 3.26. The molecule has 1 amide bonds. The topological polar surface area (TPSA) is 47.6 Å². The molecular formula is C12H13ClF3NO3. The first-order valence-electron chi connectivity index (χ1n) is 5.59. The highest BCUT2D eigenvalue weighted by Crippen LogP contribution is 2.30. The van der Waals surface area contributed by atoms with E-state index in [4.69, 9.17) is 16.3 Å². The number of carbonyl (C=O) groups is 1. The quantitative estimate of drug-likeness (QED) is 0.877. The van der Waals surface area contributed by atoms with Crippen LogP contribution in [0.25, 0.3) is 0 Å². The molecule has 1 aromatic rings. The normalized spacial score (nSPS) is 11.2. The van der Waals surface area contributed by atoms with Gasteiger partial charge in [0.2, 0.25) is 5.91 Å². The molecular weight excluding hydrogens is 299 g/mol. The van der Waals surface area contributed by atoms with Crippen molar-refractivity contribution >= 4 is 23.2 Å². The monoisotopic (exact) mass is 311 g/mol. The molecule has 20 heavy (non-hydrogen) atoms. The fourth-order valence-corrected chi connectivity index (χ4v) is 1.45. The Morgan fingerprint density at radius 3 is 2.70 bits per heavy atom. The van der Waals surface area contributed by atoms with E-state index in [2.05, 4.69) is 10.1 Å². The highest BCUT2D eigenvalue weighted by Gasteiger charge is 2.29. The number of anilines is 1. The number of rotatable bonds is 6. The molecule has 0 aliphatic carbocycles. The van der Waals surface area contributed by atoms with Crippen molar-refractivity contribution in [1.82, 2.24) is 0 Å². The number of benzene rings is 1. The lowest BCUT2D eigenvalue weighted by Crippen LogP contribution is -2.20. The molecule has 0 fully saturated rings. The largest absolute Gasteiger partial charge is 0.482 e. The Bertz CT molecular complexity index is 466. The third kappa shape index (κ3) is 6.12. The van der Waals surface area contributed by atoms with Crippen LogP contribution in [0, 0.1) is 0 Å². The summed E-state index contributed by atoms with van der Waals surface area (Å²) in [5.41, 5.74) is 0.125. The molecule has 112 valence electrons. The van der Waals surface area contributed by atoms with Crippen molar-refractivity contribution in [3.8, 4) is 5.75 Å². The van der Waals surface area contributed by atoms with Gasteiger partial charge in [-0.05, 0) is 12.1 Å². The summed E-state index contributed by atoms with van der Waals surface area (Å²) in [5, 5.41) is 2.64. The fourth-order valence-electron chi connectivity index (χ4n) is 1.29. The Morgan fingerprint density at radius 1 is 1.40 bits per heavy atom. The van der Waals surface area contributed by atoms with E-state index in [1.807, 2.05) is 0 Å². The first-order valence-corrected chi connectivity index (χ1v) is 5.97. The number of nitrogens with one attached hydrogen (secondary N) is 1. The van der Waals surface area contributed by atoms with Crippen LogP contribution in [0.4, 0.5) is 18.9 Å². The van der Waals surface area contributed by atoms with Gasteiger partial charge in [0.25, 0.3) is 0 Å². The van der Waals surface area contributed by atoms with Crippen LogP contribution in [0.1, 0.15) is 6.42 Å². The summed E-state index contributed by atoms with van der Waals surface area (Å²) < 4.78 is 45.8. The molecule has 0 aliphatic heterocycles. The number of methoxy groups -OCH3 is 1. The Balaban J connectivity index is 2.76. The summed E-state index contributed by atoms with van der Waals surface area (Å²) in [7, 11) is 1.44. The van der Waals surface area contributed by atoms with Gasteiger partial charge in [-0.2, -0.15) is 13.2 Å². The van der Waals surface area contributed by atoms with E-state index in [-0.39, 0.29) is 29.5 Å². The molecule has 0 bridgehead atoms. The number of ether oxygens (including phenoxy) is 2. The van der Waals surface area contributed by atoms with Gasteiger partial charge in [-0.1, -0.05) is 11.6 Å². The maximum Gasteiger partial charge on any atom is 0.422 e. The van der Waals surface area contributed by atoms with E-state index >= 15 is 0 Å². The Labute approximate surface area is 118 Å². The lowest BCUT2D eigenvalue weighted by atomic mass is 10.2. The summed E-state index contributed by atoms with van der Waals surface area (Å²) in [6, 6.07) is 4.02. The van der Waals surface area contributed by atoms with Crippen molar-refractivity contribution in [2.75, 3.05) is 25.6 Å². The molecule has 0 atom stereocenters. The average molecular weight is 312 g/mol. The van der Waals surface area contributed by atoms with Crippen molar-refractivity contribution in [1.29, 1.82) is 0 Å². The van der Waals surface area contributed by atoms with Crippen molar-refractivity contribution < 1.29 is 27.4 Å². The van der Waals surface area contributed by atoms with Gasteiger partial charge in [-0.15, -0.1) is 0 Å². The van der Waals surface area contributed by atoms with Crippen LogP contribution in [0.2, 0.25) is 5.02 Å². The predicted molar refractivity (Wildman–Crippen MR) is 68.1 cm³/mol. The smallest absolute Gasteiger partial charge is 0.422 e. The first-order chi connectivity index (χ1) is 9.31. The summed E-state index contributed by atoms with van der Waals surface area (Å²) in [6.45, 7) is -1.26. The second-order valence-electron chi connectivity index (χ2n) is 3.84. The zero-order valence-corrected chi connectivity index (χ0v) is 11.3. The molecule has 0 aliphatic rings. The molecule has 1 aromatic carbocycles. The zero-order chi connectivity index (χ0) is 15.2. The molecule has 0 radical (unpaired) electrons. The van der Waals surface area contributed by atoms with E-state index < -0.39 is 18.7 Å². The van der Waals surface area contributed by atoms with Gasteiger partial charge in [0.15, 0.2) is 6.61 Å². The summed E-state index contributed by atoms with van der Waals surface area (Å²) in [4.78, 5) is 11.5. The molecule has 0 heterocycles. The van der Waals surface area contributed by atoms with Crippen LogP contribution >= 0.6 is 11.6 Å². The Kier molecular flexibility index (Phi) is 6.09. The zero-order valence-electron chi connectivity index (χ0n) is 10.6. The molecule has 0 saturated carbocycles. The Hall–Kier alpha value is -1.47. The SMILES string of the molecule is COCCC(=O)Nc1ccc(Cl)cc1OCC(F)(F)F. The third-order valence-electron chi connectivity index (χ3n) is 2.14. The van der Waals surface area contributed by atoms with Crippen LogP contribution < -0.4 is 10.1 Å². The maximum atomic E-state index is 12.1. The number of alkyl halides is 3. The number of halogens is 4. The van der Waals surface area contributed by atoms with Gasteiger partial charge in [-0.3, -0.25) is 4.79 Å². The summed E-state index contributed by atoms with van der Waals surface area (Å²) in [6.07, 6.45) is -4.39. The number of carbonyl (C=O) groups excluding carboxylic acids is 1. The molecule has 0 saturated heterocycles. The van der Waals surface area contributed by atoms with E-state index in [1.165, 1.54) is 25.3 Å². The molecule has 1 rings (SSSR count). The van der Waals surface area contributed by atoms with Gasteiger partial charge in [0.05, 0.1) is 18.7 Å². The molecule has 0 aromatic heterocycles. The first kappa shape index (κ1) is 16.6. The van der Waals surface area contributed by atoms with Gasteiger partial charge >= 0.3 is 6.18 Å². The number of hydrogen-bond donors (Lipinski definition) is 1. The Morgan fingerprint density at radius 2 is 2.10 bits per heavy atom. The van der Waals surface area contributed by atoms with Crippen LogP contribution in [0.3, 0.4) is 0 Å². The second-order valence-corrected chi connectivity index (χ2v) is 4.27. The van der Waals surface area contributed by atoms with E-state index in [0.29, 0.717) is 0 Å². The molecule has 4 nitrogen and oxygen atoms in total. The lowest BCUT2D eigenvalue weighted by molar-refractivity contribution is -0.153. The molecule has 0 unspecified atom stereocenters. The summed E-state index contributed by atoms with van der Waals surface area (Å²) >= 11 is 5.69. The van der Waals surface area contributed by atoms with Gasteiger partial charge in [0, 0.05) is 18.2 Å². The minimum Gasteiger partial charge on any atom is -0.482 e. The third-order valence-corrected chi connectivity index (χ3v) is 2.38. The van der Waals surface area contributed by atoms with E-state index in [9.17, 15) is 18.0 Å². The van der Waals surface area contributed by atoms with Crippen molar-refractivity contribution in [2.45, 2.75) is 12.6 Å². The van der Waals surface area contributed by atoms with Gasteiger partial charge in [-0.25, -0.2) is 0 Å². The fraction of sp³-hybridized carbons (Fsp3) is 0.417. The highest BCUT2D eigenvalue weighted by atomic mass is 35.5. The molecule has 0 spiro atoms.